The molecule has 1 aromatic carbocycles. The molecular formula is C11H11F3O3. The fourth-order valence-corrected chi connectivity index (χ4v) is 1.26. The summed E-state index contributed by atoms with van der Waals surface area (Å²) in [4.78, 5) is 0. The summed E-state index contributed by atoms with van der Waals surface area (Å²) < 4.78 is 49.6. The van der Waals surface area contributed by atoms with Crippen LogP contribution in [0.2, 0.25) is 0 Å². The molecule has 2 rings (SSSR count). The van der Waals surface area contributed by atoms with Crippen LogP contribution in [0.15, 0.2) is 24.3 Å². The van der Waals surface area contributed by atoms with Gasteiger partial charge in [0, 0.05) is 0 Å². The lowest BCUT2D eigenvalue weighted by molar-refractivity contribution is -0.274. The van der Waals surface area contributed by atoms with Crippen molar-refractivity contribution in [1.82, 2.24) is 0 Å². The van der Waals surface area contributed by atoms with Gasteiger partial charge in [0.1, 0.15) is 11.9 Å². The van der Waals surface area contributed by atoms with Gasteiger partial charge in [-0.25, -0.2) is 0 Å². The minimum absolute atomic E-state index is 0.183. The van der Waals surface area contributed by atoms with E-state index < -0.39 is 6.36 Å². The molecule has 0 aromatic heterocycles. The molecule has 0 aliphatic carbocycles. The third-order valence-corrected chi connectivity index (χ3v) is 2.13. The fourth-order valence-electron chi connectivity index (χ4n) is 1.26. The van der Waals surface area contributed by atoms with Gasteiger partial charge in [-0.3, -0.25) is 0 Å². The second kappa shape index (κ2) is 4.93. The molecule has 1 aromatic rings. The summed E-state index contributed by atoms with van der Waals surface area (Å²) in [5.41, 5.74) is 0.792. The minimum atomic E-state index is -4.65. The topological polar surface area (TPSA) is 31.0 Å². The van der Waals surface area contributed by atoms with Gasteiger partial charge in [-0.1, -0.05) is 12.1 Å². The zero-order valence-electron chi connectivity index (χ0n) is 8.87. The van der Waals surface area contributed by atoms with Gasteiger partial charge in [0.05, 0.1) is 19.8 Å². The van der Waals surface area contributed by atoms with Gasteiger partial charge < -0.3 is 14.2 Å². The molecular weight excluding hydrogens is 237 g/mol. The van der Waals surface area contributed by atoms with Crippen molar-refractivity contribution in [3.05, 3.63) is 29.8 Å². The van der Waals surface area contributed by atoms with E-state index in [1.54, 1.807) is 0 Å². The monoisotopic (exact) mass is 248 g/mol. The van der Waals surface area contributed by atoms with Gasteiger partial charge in [-0.05, 0) is 17.7 Å². The average Bonchev–Trinajstić information content (AvgIpc) is 3.02. The van der Waals surface area contributed by atoms with Crippen LogP contribution in [0.25, 0.3) is 0 Å². The van der Waals surface area contributed by atoms with E-state index in [2.05, 4.69) is 4.74 Å². The second-order valence-corrected chi connectivity index (χ2v) is 3.66. The van der Waals surface area contributed by atoms with Gasteiger partial charge in [0.15, 0.2) is 0 Å². The predicted octanol–water partition coefficient (Wildman–Crippen LogP) is 2.50. The predicted molar refractivity (Wildman–Crippen MR) is 52.5 cm³/mol. The number of halogens is 3. The lowest BCUT2D eigenvalue weighted by Crippen LogP contribution is -2.17. The molecule has 1 fully saturated rings. The van der Waals surface area contributed by atoms with Crippen molar-refractivity contribution >= 4 is 0 Å². The van der Waals surface area contributed by atoms with Crippen LogP contribution in [0.3, 0.4) is 0 Å². The van der Waals surface area contributed by atoms with Crippen LogP contribution in [0.1, 0.15) is 5.56 Å². The number of hydrogen-bond donors (Lipinski definition) is 0. The second-order valence-electron chi connectivity index (χ2n) is 3.66. The van der Waals surface area contributed by atoms with Crippen LogP contribution in [-0.4, -0.2) is 25.7 Å². The minimum Gasteiger partial charge on any atom is -0.406 e. The summed E-state index contributed by atoms with van der Waals surface area (Å²) in [5.74, 6) is -0.230. The Bertz CT molecular complexity index is 357. The highest BCUT2D eigenvalue weighted by atomic mass is 19.4. The van der Waals surface area contributed by atoms with Crippen molar-refractivity contribution in [2.24, 2.45) is 0 Å². The lowest BCUT2D eigenvalue weighted by atomic mass is 10.2. The van der Waals surface area contributed by atoms with Crippen LogP contribution in [0, 0.1) is 0 Å². The van der Waals surface area contributed by atoms with Gasteiger partial charge in [-0.2, -0.15) is 0 Å². The molecule has 1 atom stereocenters. The maximum atomic E-state index is 11.9. The maximum Gasteiger partial charge on any atom is 0.573 e. The summed E-state index contributed by atoms with van der Waals surface area (Å²) in [6.45, 7) is 1.59. The normalized spacial score (nSPS) is 19.1. The molecule has 0 spiro atoms. The first-order valence-corrected chi connectivity index (χ1v) is 5.07. The molecule has 6 heteroatoms. The van der Waals surface area contributed by atoms with Crippen molar-refractivity contribution in [1.29, 1.82) is 0 Å². The zero-order chi connectivity index (χ0) is 12.3. The summed E-state index contributed by atoms with van der Waals surface area (Å²) in [5, 5.41) is 0. The first kappa shape index (κ1) is 12.2. The molecule has 17 heavy (non-hydrogen) atoms. The highest BCUT2D eigenvalue weighted by Crippen LogP contribution is 2.23. The Labute approximate surface area is 96.1 Å². The molecule has 94 valence electrons. The van der Waals surface area contributed by atoms with Crippen molar-refractivity contribution in [2.45, 2.75) is 19.1 Å². The first-order valence-electron chi connectivity index (χ1n) is 5.07. The van der Waals surface area contributed by atoms with Crippen LogP contribution < -0.4 is 4.74 Å². The molecule has 1 aliphatic rings. The van der Waals surface area contributed by atoms with E-state index in [-0.39, 0.29) is 11.9 Å². The van der Waals surface area contributed by atoms with Crippen LogP contribution in [0.4, 0.5) is 13.2 Å². The number of alkyl halides is 3. The van der Waals surface area contributed by atoms with E-state index in [4.69, 9.17) is 9.47 Å². The van der Waals surface area contributed by atoms with Gasteiger partial charge in [-0.15, -0.1) is 13.2 Å². The van der Waals surface area contributed by atoms with Gasteiger partial charge in [0.2, 0.25) is 0 Å². The first-order chi connectivity index (χ1) is 8.03. The summed E-state index contributed by atoms with van der Waals surface area (Å²) in [6, 6.07) is 5.60. The van der Waals surface area contributed by atoms with Crippen molar-refractivity contribution in [2.75, 3.05) is 13.2 Å². The van der Waals surface area contributed by atoms with E-state index in [0.717, 1.165) is 12.2 Å². The number of ether oxygens (including phenoxy) is 3. The Morgan fingerprint density at radius 3 is 2.41 bits per heavy atom. The largest absolute Gasteiger partial charge is 0.573 e. The summed E-state index contributed by atoms with van der Waals surface area (Å²) in [6.07, 6.45) is -4.47. The van der Waals surface area contributed by atoms with Gasteiger partial charge >= 0.3 is 6.36 Å². The lowest BCUT2D eigenvalue weighted by Gasteiger charge is -2.09. The number of epoxide rings is 1. The van der Waals surface area contributed by atoms with E-state index in [1.807, 2.05) is 0 Å². The van der Waals surface area contributed by atoms with Crippen LogP contribution in [0.5, 0.6) is 5.75 Å². The molecule has 0 amide bonds. The average molecular weight is 248 g/mol. The van der Waals surface area contributed by atoms with Crippen LogP contribution >= 0.6 is 0 Å². The third kappa shape index (κ3) is 4.62. The van der Waals surface area contributed by atoms with E-state index in [1.165, 1.54) is 24.3 Å². The Hall–Kier alpha value is -1.27. The van der Waals surface area contributed by atoms with E-state index >= 15 is 0 Å². The van der Waals surface area contributed by atoms with E-state index in [9.17, 15) is 13.2 Å². The Morgan fingerprint density at radius 2 is 1.88 bits per heavy atom. The molecule has 0 saturated carbocycles. The van der Waals surface area contributed by atoms with Crippen molar-refractivity contribution in [3.63, 3.8) is 0 Å². The Balaban J connectivity index is 1.79. The summed E-state index contributed by atoms with van der Waals surface area (Å²) >= 11 is 0. The molecule has 3 nitrogen and oxygen atoms in total. The highest BCUT2D eigenvalue weighted by molar-refractivity contribution is 5.27. The quantitative estimate of drug-likeness (QED) is 0.750. The molecule has 1 saturated heterocycles. The molecule has 1 aliphatic heterocycles. The van der Waals surface area contributed by atoms with Gasteiger partial charge in [0.25, 0.3) is 0 Å². The molecule has 0 radical (unpaired) electrons. The molecule has 0 N–H and O–H groups in total. The smallest absolute Gasteiger partial charge is 0.406 e. The number of hydrogen-bond acceptors (Lipinski definition) is 3. The van der Waals surface area contributed by atoms with Crippen LogP contribution in [-0.2, 0) is 16.1 Å². The Kier molecular flexibility index (Phi) is 3.54. The maximum absolute atomic E-state index is 11.9. The van der Waals surface area contributed by atoms with Crippen molar-refractivity contribution in [3.8, 4) is 5.75 Å². The molecule has 0 bridgehead atoms. The standard InChI is InChI=1S/C11H11F3O3/c12-11(13,14)17-9-3-1-8(2-4-9)5-15-6-10-7-16-10/h1-4,10H,5-7H2/t10-/m1/s1. The van der Waals surface area contributed by atoms with E-state index in [0.29, 0.717) is 13.2 Å². The fraction of sp³-hybridized carbons (Fsp3) is 0.455. The number of rotatable bonds is 5. The molecule has 1 heterocycles. The number of benzene rings is 1. The molecule has 0 unspecified atom stereocenters. The highest BCUT2D eigenvalue weighted by Gasteiger charge is 2.30. The third-order valence-electron chi connectivity index (χ3n) is 2.13. The SMILES string of the molecule is FC(F)(F)Oc1ccc(COC[C@@H]2CO2)cc1. The van der Waals surface area contributed by atoms with Crippen molar-refractivity contribution < 1.29 is 27.4 Å². The zero-order valence-corrected chi connectivity index (χ0v) is 8.87. The summed E-state index contributed by atoms with van der Waals surface area (Å²) in [7, 11) is 0. The Morgan fingerprint density at radius 1 is 1.24 bits per heavy atom.